The van der Waals surface area contributed by atoms with Crippen molar-refractivity contribution in [1.82, 2.24) is 9.36 Å². The molecule has 1 aromatic carbocycles. The third-order valence-electron chi connectivity index (χ3n) is 2.09. The van der Waals surface area contributed by atoms with Crippen LogP contribution in [0.25, 0.3) is 10.6 Å². The van der Waals surface area contributed by atoms with Crippen LogP contribution in [0, 0.1) is 17.1 Å². The first-order valence-electron chi connectivity index (χ1n) is 4.47. The van der Waals surface area contributed by atoms with E-state index < -0.39 is 26.3 Å². The minimum absolute atomic E-state index is 0.0675. The fourth-order valence-corrected chi connectivity index (χ4v) is 2.94. The normalized spacial score (nSPS) is 11.2. The number of rotatable bonds is 2. The highest BCUT2D eigenvalue weighted by molar-refractivity contribution is 7.89. The molecule has 0 bridgehead atoms. The van der Waals surface area contributed by atoms with Crippen LogP contribution in [0.1, 0.15) is 5.56 Å². The van der Waals surface area contributed by atoms with Gasteiger partial charge < -0.3 is 0 Å². The lowest BCUT2D eigenvalue weighted by Crippen LogP contribution is -2.16. The summed E-state index contributed by atoms with van der Waals surface area (Å²) in [6, 6.07) is 3.69. The van der Waals surface area contributed by atoms with Crippen LogP contribution in [0.4, 0.5) is 4.39 Å². The van der Waals surface area contributed by atoms with E-state index in [1.807, 2.05) is 0 Å². The molecule has 92 valence electrons. The largest absolute Gasteiger partial charge is 0.240 e. The maximum absolute atomic E-state index is 13.4. The molecule has 0 saturated carbocycles. The van der Waals surface area contributed by atoms with Gasteiger partial charge in [0.05, 0.1) is 0 Å². The summed E-state index contributed by atoms with van der Waals surface area (Å²) >= 11 is 0.918. The fourth-order valence-electron chi connectivity index (χ4n) is 1.42. The first kappa shape index (κ1) is 12.6. The molecule has 2 rings (SSSR count). The van der Waals surface area contributed by atoms with Gasteiger partial charge in [-0.05, 0) is 23.7 Å². The Labute approximate surface area is 106 Å². The molecule has 1 heterocycles. The second-order valence-electron chi connectivity index (χ2n) is 3.20. The van der Waals surface area contributed by atoms with E-state index in [1.54, 1.807) is 0 Å². The lowest BCUT2D eigenvalue weighted by atomic mass is 10.1. The van der Waals surface area contributed by atoms with Gasteiger partial charge in [-0.2, -0.15) is 9.64 Å². The van der Waals surface area contributed by atoms with E-state index in [9.17, 15) is 12.8 Å². The SMILES string of the molecule is N#Cc1c(F)ccc(-c2ncns2)c1S(N)(=O)=O. The molecule has 0 fully saturated rings. The van der Waals surface area contributed by atoms with Crippen LogP contribution in [0.3, 0.4) is 0 Å². The first-order valence-corrected chi connectivity index (χ1v) is 6.79. The molecule has 9 heteroatoms. The van der Waals surface area contributed by atoms with Gasteiger partial charge in [-0.15, -0.1) is 0 Å². The zero-order valence-corrected chi connectivity index (χ0v) is 10.3. The number of benzene rings is 1. The maximum atomic E-state index is 13.4. The fraction of sp³-hybridized carbons (Fsp3) is 0. The molecule has 18 heavy (non-hydrogen) atoms. The number of sulfonamides is 1. The molecule has 0 aliphatic carbocycles. The number of aromatic nitrogens is 2. The van der Waals surface area contributed by atoms with Crippen molar-refractivity contribution >= 4 is 21.6 Å². The van der Waals surface area contributed by atoms with Crippen molar-refractivity contribution in [1.29, 1.82) is 5.26 Å². The molecule has 1 aromatic heterocycles. The zero-order valence-electron chi connectivity index (χ0n) is 8.66. The number of nitriles is 1. The molecule has 0 radical (unpaired) electrons. The quantitative estimate of drug-likeness (QED) is 0.879. The van der Waals surface area contributed by atoms with E-state index in [4.69, 9.17) is 10.4 Å². The van der Waals surface area contributed by atoms with Crippen molar-refractivity contribution in [3.8, 4) is 16.6 Å². The van der Waals surface area contributed by atoms with E-state index >= 15 is 0 Å². The van der Waals surface area contributed by atoms with Crippen molar-refractivity contribution in [2.45, 2.75) is 4.90 Å². The number of nitrogens with two attached hydrogens (primary N) is 1. The van der Waals surface area contributed by atoms with Crippen LogP contribution in [0.15, 0.2) is 23.4 Å². The summed E-state index contributed by atoms with van der Waals surface area (Å²) in [4.78, 5) is 3.25. The third kappa shape index (κ3) is 2.08. The van der Waals surface area contributed by atoms with Crippen molar-refractivity contribution in [2.24, 2.45) is 5.14 Å². The van der Waals surface area contributed by atoms with E-state index in [0.717, 1.165) is 17.6 Å². The summed E-state index contributed by atoms with van der Waals surface area (Å²) in [6.45, 7) is 0. The second kappa shape index (κ2) is 4.41. The number of hydrogen-bond acceptors (Lipinski definition) is 6. The van der Waals surface area contributed by atoms with Crippen LogP contribution in [-0.2, 0) is 10.0 Å². The summed E-state index contributed by atoms with van der Waals surface area (Å²) in [5.74, 6) is -0.949. The van der Waals surface area contributed by atoms with Crippen molar-refractivity contribution in [3.05, 3.63) is 29.8 Å². The lowest BCUT2D eigenvalue weighted by molar-refractivity contribution is 0.591. The maximum Gasteiger partial charge on any atom is 0.240 e. The Morgan fingerprint density at radius 3 is 2.67 bits per heavy atom. The van der Waals surface area contributed by atoms with E-state index in [-0.39, 0.29) is 10.6 Å². The first-order chi connectivity index (χ1) is 8.45. The number of hydrogen-bond donors (Lipinski definition) is 1. The Morgan fingerprint density at radius 2 is 2.17 bits per heavy atom. The van der Waals surface area contributed by atoms with Crippen molar-refractivity contribution in [3.63, 3.8) is 0 Å². The van der Waals surface area contributed by atoms with Gasteiger partial charge in [0.2, 0.25) is 10.0 Å². The van der Waals surface area contributed by atoms with Gasteiger partial charge in [0.1, 0.15) is 33.7 Å². The van der Waals surface area contributed by atoms with Gasteiger partial charge in [-0.3, -0.25) is 0 Å². The van der Waals surface area contributed by atoms with Crippen LogP contribution in [0.2, 0.25) is 0 Å². The summed E-state index contributed by atoms with van der Waals surface area (Å²) in [6.07, 6.45) is 1.22. The van der Waals surface area contributed by atoms with Crippen LogP contribution >= 0.6 is 11.5 Å². The zero-order chi connectivity index (χ0) is 13.3. The Balaban J connectivity index is 2.89. The predicted octanol–water partition coefficient (Wildman–Crippen LogP) is 0.863. The smallest absolute Gasteiger partial charge is 0.225 e. The lowest BCUT2D eigenvalue weighted by Gasteiger charge is -2.07. The van der Waals surface area contributed by atoms with Crippen molar-refractivity contribution in [2.75, 3.05) is 0 Å². The van der Waals surface area contributed by atoms with Gasteiger partial charge in [0.25, 0.3) is 0 Å². The van der Waals surface area contributed by atoms with Gasteiger partial charge >= 0.3 is 0 Å². The Bertz CT molecular complexity index is 735. The second-order valence-corrected chi connectivity index (χ2v) is 5.48. The predicted molar refractivity (Wildman–Crippen MR) is 61.4 cm³/mol. The number of primary sulfonamides is 1. The Morgan fingerprint density at radius 1 is 1.44 bits per heavy atom. The van der Waals surface area contributed by atoms with E-state index in [2.05, 4.69) is 9.36 Å². The molecule has 6 nitrogen and oxygen atoms in total. The van der Waals surface area contributed by atoms with Crippen LogP contribution < -0.4 is 5.14 Å². The summed E-state index contributed by atoms with van der Waals surface area (Å²) in [7, 11) is -4.25. The standard InChI is InChI=1S/C9H5FN4O2S2/c10-7-2-1-5(9-13-4-14-17-9)8(6(7)3-11)18(12,15)16/h1-2,4H,(H2,12,15,16). The highest BCUT2D eigenvalue weighted by atomic mass is 32.2. The number of nitrogens with zero attached hydrogens (tertiary/aromatic N) is 3. The Hall–Kier alpha value is -1.89. The highest BCUT2D eigenvalue weighted by Crippen LogP contribution is 2.31. The van der Waals surface area contributed by atoms with Gasteiger partial charge in [-0.25, -0.2) is 22.9 Å². The minimum atomic E-state index is -4.25. The monoisotopic (exact) mass is 284 g/mol. The Kier molecular flexibility index (Phi) is 3.08. The van der Waals surface area contributed by atoms with Crippen LogP contribution in [0.5, 0.6) is 0 Å². The summed E-state index contributed by atoms with van der Waals surface area (Å²) < 4.78 is 40.1. The molecule has 0 unspecified atom stereocenters. The molecule has 0 spiro atoms. The summed E-state index contributed by atoms with van der Waals surface area (Å²) in [5.41, 5.74) is -0.553. The number of halogens is 1. The molecule has 0 aliphatic heterocycles. The molecule has 0 saturated heterocycles. The van der Waals surface area contributed by atoms with E-state index in [0.29, 0.717) is 0 Å². The average molecular weight is 284 g/mol. The molecule has 0 amide bonds. The third-order valence-corrected chi connectivity index (χ3v) is 3.79. The minimum Gasteiger partial charge on any atom is -0.225 e. The molecule has 2 N–H and O–H groups in total. The summed E-state index contributed by atoms with van der Waals surface area (Å²) in [5, 5.41) is 14.1. The molecule has 2 aromatic rings. The average Bonchev–Trinajstić information content (AvgIpc) is 2.80. The molecule has 0 atom stereocenters. The van der Waals surface area contributed by atoms with Crippen molar-refractivity contribution < 1.29 is 12.8 Å². The molecular formula is C9H5FN4O2S2. The highest BCUT2D eigenvalue weighted by Gasteiger charge is 2.24. The topological polar surface area (TPSA) is 110 Å². The van der Waals surface area contributed by atoms with Gasteiger partial charge in [0, 0.05) is 5.56 Å². The van der Waals surface area contributed by atoms with Gasteiger partial charge in [-0.1, -0.05) is 0 Å². The molecule has 0 aliphatic rings. The van der Waals surface area contributed by atoms with E-state index in [1.165, 1.54) is 18.5 Å². The molecular weight excluding hydrogens is 279 g/mol. The van der Waals surface area contributed by atoms with Crippen LogP contribution in [-0.4, -0.2) is 17.8 Å². The van der Waals surface area contributed by atoms with Gasteiger partial charge in [0.15, 0.2) is 0 Å².